The molecule has 0 amide bonds. The van der Waals surface area contributed by atoms with Gasteiger partial charge in [-0.05, 0) is 13.0 Å². The first-order valence-electron chi connectivity index (χ1n) is 4.80. The maximum absolute atomic E-state index is 4.34. The number of aromatic nitrogens is 3. The number of H-pyrrole nitrogens is 1. The SMILES string of the molecule is Cc1ncc2cc(C(C)(C)C)[nH]c2n1. The van der Waals surface area contributed by atoms with E-state index in [-0.39, 0.29) is 5.41 Å². The molecule has 14 heavy (non-hydrogen) atoms. The topological polar surface area (TPSA) is 41.6 Å². The molecule has 0 unspecified atom stereocenters. The van der Waals surface area contributed by atoms with Crippen molar-refractivity contribution in [3.05, 3.63) is 23.8 Å². The Morgan fingerprint density at radius 1 is 1.29 bits per heavy atom. The van der Waals surface area contributed by atoms with Crippen molar-refractivity contribution in [1.29, 1.82) is 0 Å². The molecule has 0 radical (unpaired) electrons. The maximum Gasteiger partial charge on any atom is 0.141 e. The molecular weight excluding hydrogens is 174 g/mol. The number of rotatable bonds is 0. The summed E-state index contributed by atoms with van der Waals surface area (Å²) in [5.41, 5.74) is 2.27. The summed E-state index contributed by atoms with van der Waals surface area (Å²) in [5, 5.41) is 1.08. The number of hydrogen-bond acceptors (Lipinski definition) is 2. The minimum absolute atomic E-state index is 0.134. The van der Waals surface area contributed by atoms with E-state index in [1.165, 1.54) is 5.69 Å². The highest BCUT2D eigenvalue weighted by atomic mass is 14.9. The second kappa shape index (κ2) is 2.80. The highest BCUT2D eigenvalue weighted by molar-refractivity contribution is 5.75. The molecule has 3 nitrogen and oxygen atoms in total. The highest BCUT2D eigenvalue weighted by Gasteiger charge is 2.16. The summed E-state index contributed by atoms with van der Waals surface area (Å²) in [6.45, 7) is 8.44. The number of nitrogens with zero attached hydrogens (tertiary/aromatic N) is 2. The zero-order valence-electron chi connectivity index (χ0n) is 9.05. The quantitative estimate of drug-likeness (QED) is 0.692. The molecule has 0 spiro atoms. The molecule has 0 aliphatic carbocycles. The molecule has 0 saturated heterocycles. The summed E-state index contributed by atoms with van der Waals surface area (Å²) < 4.78 is 0. The van der Waals surface area contributed by atoms with Crippen LogP contribution in [-0.2, 0) is 5.41 Å². The fourth-order valence-corrected chi connectivity index (χ4v) is 1.41. The van der Waals surface area contributed by atoms with E-state index in [1.54, 1.807) is 0 Å². The van der Waals surface area contributed by atoms with Gasteiger partial charge in [0.1, 0.15) is 11.5 Å². The first kappa shape index (κ1) is 9.19. The lowest BCUT2D eigenvalue weighted by atomic mass is 9.92. The third-order valence-corrected chi connectivity index (χ3v) is 2.30. The van der Waals surface area contributed by atoms with E-state index in [0.29, 0.717) is 0 Å². The Labute approximate surface area is 83.6 Å². The zero-order valence-corrected chi connectivity index (χ0v) is 9.05. The lowest BCUT2D eigenvalue weighted by Crippen LogP contribution is -2.11. The van der Waals surface area contributed by atoms with Gasteiger partial charge in [-0.3, -0.25) is 0 Å². The molecule has 2 rings (SSSR count). The van der Waals surface area contributed by atoms with Gasteiger partial charge in [-0.1, -0.05) is 20.8 Å². The van der Waals surface area contributed by atoms with Crippen LogP contribution in [0, 0.1) is 6.92 Å². The largest absolute Gasteiger partial charge is 0.343 e. The molecule has 3 heteroatoms. The third-order valence-electron chi connectivity index (χ3n) is 2.30. The van der Waals surface area contributed by atoms with Crippen LogP contribution in [0.3, 0.4) is 0 Å². The van der Waals surface area contributed by atoms with Gasteiger partial charge in [0.2, 0.25) is 0 Å². The van der Waals surface area contributed by atoms with Crippen molar-refractivity contribution in [1.82, 2.24) is 15.0 Å². The molecule has 74 valence electrons. The molecular formula is C11H15N3. The molecule has 2 aromatic rings. The summed E-state index contributed by atoms with van der Waals surface area (Å²) in [6, 6.07) is 2.12. The fourth-order valence-electron chi connectivity index (χ4n) is 1.41. The first-order valence-corrected chi connectivity index (χ1v) is 4.80. The summed E-state index contributed by atoms with van der Waals surface area (Å²) >= 11 is 0. The van der Waals surface area contributed by atoms with Gasteiger partial charge in [-0.25, -0.2) is 9.97 Å². The van der Waals surface area contributed by atoms with Gasteiger partial charge < -0.3 is 4.98 Å². The zero-order chi connectivity index (χ0) is 10.3. The van der Waals surface area contributed by atoms with Crippen LogP contribution < -0.4 is 0 Å². The fraction of sp³-hybridized carbons (Fsp3) is 0.455. The summed E-state index contributed by atoms with van der Waals surface area (Å²) in [6.07, 6.45) is 1.86. The lowest BCUT2D eigenvalue weighted by Gasteiger charge is -2.15. The van der Waals surface area contributed by atoms with Crippen molar-refractivity contribution < 1.29 is 0 Å². The van der Waals surface area contributed by atoms with E-state index in [0.717, 1.165) is 16.9 Å². The van der Waals surface area contributed by atoms with Gasteiger partial charge in [0.05, 0.1) is 0 Å². The predicted octanol–water partition coefficient (Wildman–Crippen LogP) is 2.56. The molecule has 2 heterocycles. The van der Waals surface area contributed by atoms with E-state index in [2.05, 4.69) is 41.8 Å². The van der Waals surface area contributed by atoms with Crippen LogP contribution in [0.4, 0.5) is 0 Å². The van der Waals surface area contributed by atoms with Crippen molar-refractivity contribution in [2.24, 2.45) is 0 Å². The second-order valence-electron chi connectivity index (χ2n) is 4.65. The maximum atomic E-state index is 4.34. The van der Waals surface area contributed by atoms with Crippen molar-refractivity contribution in [2.75, 3.05) is 0 Å². The molecule has 0 atom stereocenters. The van der Waals surface area contributed by atoms with Gasteiger partial charge in [-0.2, -0.15) is 0 Å². The molecule has 0 bridgehead atoms. The van der Waals surface area contributed by atoms with Crippen LogP contribution in [0.5, 0.6) is 0 Å². The Hall–Kier alpha value is -1.38. The van der Waals surface area contributed by atoms with Crippen molar-refractivity contribution in [3.63, 3.8) is 0 Å². The Balaban J connectivity index is 2.63. The average molecular weight is 189 g/mol. The normalized spacial score (nSPS) is 12.3. The summed E-state index contributed by atoms with van der Waals surface area (Å²) in [4.78, 5) is 11.8. The Morgan fingerprint density at radius 3 is 2.64 bits per heavy atom. The highest BCUT2D eigenvalue weighted by Crippen LogP contribution is 2.24. The molecule has 0 aliphatic heterocycles. The molecule has 0 fully saturated rings. The number of fused-ring (bicyclic) bond motifs is 1. The van der Waals surface area contributed by atoms with E-state index < -0.39 is 0 Å². The van der Waals surface area contributed by atoms with Crippen molar-refractivity contribution in [2.45, 2.75) is 33.1 Å². The average Bonchev–Trinajstić information content (AvgIpc) is 2.45. The van der Waals surface area contributed by atoms with Crippen molar-refractivity contribution in [3.8, 4) is 0 Å². The molecule has 0 aliphatic rings. The van der Waals surface area contributed by atoms with Crippen molar-refractivity contribution >= 4 is 11.0 Å². The second-order valence-corrected chi connectivity index (χ2v) is 4.65. The Kier molecular flexibility index (Phi) is 1.84. The third kappa shape index (κ3) is 1.50. The summed E-state index contributed by atoms with van der Waals surface area (Å²) in [5.74, 6) is 0.805. The van der Waals surface area contributed by atoms with E-state index >= 15 is 0 Å². The predicted molar refractivity (Wildman–Crippen MR) is 57.3 cm³/mol. The van der Waals surface area contributed by atoms with Crippen LogP contribution in [-0.4, -0.2) is 15.0 Å². The van der Waals surface area contributed by atoms with E-state index in [4.69, 9.17) is 0 Å². The smallest absolute Gasteiger partial charge is 0.141 e. The molecule has 0 aromatic carbocycles. The minimum Gasteiger partial charge on any atom is -0.343 e. The summed E-state index contributed by atoms with van der Waals surface area (Å²) in [7, 11) is 0. The van der Waals surface area contributed by atoms with Crippen LogP contribution in [0.25, 0.3) is 11.0 Å². The number of aromatic amines is 1. The van der Waals surface area contributed by atoms with Gasteiger partial charge in [0, 0.05) is 22.7 Å². The van der Waals surface area contributed by atoms with Gasteiger partial charge in [0.25, 0.3) is 0 Å². The van der Waals surface area contributed by atoms with E-state index in [1.807, 2.05) is 13.1 Å². The lowest BCUT2D eigenvalue weighted by molar-refractivity contribution is 0.574. The van der Waals surface area contributed by atoms with Gasteiger partial charge in [-0.15, -0.1) is 0 Å². The van der Waals surface area contributed by atoms with Crippen LogP contribution in [0.1, 0.15) is 32.3 Å². The molecule has 2 aromatic heterocycles. The standard InChI is InChI=1S/C11H15N3/c1-7-12-6-8-5-9(11(2,3)4)14-10(8)13-7/h5-6H,1-4H3,(H,12,13,14). The Bertz CT molecular complexity index is 463. The van der Waals surface area contributed by atoms with Crippen LogP contribution in [0.2, 0.25) is 0 Å². The van der Waals surface area contributed by atoms with Gasteiger partial charge in [0.15, 0.2) is 0 Å². The number of aryl methyl sites for hydroxylation is 1. The monoisotopic (exact) mass is 189 g/mol. The first-order chi connectivity index (χ1) is 6.47. The Morgan fingerprint density at radius 2 is 2.00 bits per heavy atom. The van der Waals surface area contributed by atoms with Crippen LogP contribution in [0.15, 0.2) is 12.3 Å². The van der Waals surface area contributed by atoms with Crippen LogP contribution >= 0.6 is 0 Å². The number of nitrogens with one attached hydrogen (secondary N) is 1. The molecule has 0 saturated carbocycles. The number of hydrogen-bond donors (Lipinski definition) is 1. The minimum atomic E-state index is 0.134. The molecule has 1 N–H and O–H groups in total. The van der Waals surface area contributed by atoms with Gasteiger partial charge >= 0.3 is 0 Å². The van der Waals surface area contributed by atoms with E-state index in [9.17, 15) is 0 Å².